The van der Waals surface area contributed by atoms with Gasteiger partial charge in [-0.15, -0.1) is 0 Å². The quantitative estimate of drug-likeness (QED) is 0.928. The number of benzene rings is 1. The summed E-state index contributed by atoms with van der Waals surface area (Å²) in [6.07, 6.45) is 3.15. The molecule has 0 aromatic heterocycles. The first-order valence-corrected chi connectivity index (χ1v) is 8.74. The Hall–Kier alpha value is -2.04. The Labute approximate surface area is 142 Å². The molecule has 5 heteroatoms. The molecule has 0 atom stereocenters. The van der Waals surface area contributed by atoms with E-state index in [4.69, 9.17) is 4.74 Å². The van der Waals surface area contributed by atoms with Crippen LogP contribution in [0.5, 0.6) is 0 Å². The summed E-state index contributed by atoms with van der Waals surface area (Å²) in [6.45, 7) is 2.56. The Morgan fingerprint density at radius 3 is 2.62 bits per heavy atom. The molecule has 1 spiro atoms. The molecule has 1 heterocycles. The third-order valence-corrected chi connectivity index (χ3v) is 6.11. The highest BCUT2D eigenvalue weighted by Crippen LogP contribution is 2.44. The maximum absolute atomic E-state index is 12.7. The molecule has 1 N–H and O–H groups in total. The lowest BCUT2D eigenvalue weighted by molar-refractivity contribution is -0.143. The molecule has 1 saturated heterocycles. The number of aryl methyl sites for hydroxylation is 1. The van der Waals surface area contributed by atoms with E-state index in [1.807, 2.05) is 11.9 Å². The van der Waals surface area contributed by atoms with E-state index < -0.39 is 0 Å². The summed E-state index contributed by atoms with van der Waals surface area (Å²) in [6, 6.07) is 8.87. The summed E-state index contributed by atoms with van der Waals surface area (Å²) in [7, 11) is 1.93. The van der Waals surface area contributed by atoms with Crippen molar-refractivity contribution in [1.29, 1.82) is 0 Å². The second-order valence-electron chi connectivity index (χ2n) is 7.71. The molecular formula is C19H24N2O3. The highest BCUT2D eigenvalue weighted by atomic mass is 16.6. The largest absolute Gasteiger partial charge is 0.447 e. The zero-order valence-electron chi connectivity index (χ0n) is 14.2. The van der Waals surface area contributed by atoms with Crippen LogP contribution in [-0.2, 0) is 9.53 Å². The van der Waals surface area contributed by atoms with E-state index in [9.17, 15) is 9.59 Å². The molecule has 0 bridgehead atoms. The number of nitrogens with one attached hydrogen (secondary N) is 1. The standard InChI is InChI=1S/C19H24N2O3/c1-12-5-3-4-6-16(12)13-7-15(8-13)21(2)17(22)14-9-19(10-14)11-24-18(23)20-19/h3-6,13-15H,7-11H2,1-2H3,(H,20,23)/t13-,14-,15+,19+. The van der Waals surface area contributed by atoms with Gasteiger partial charge in [-0.25, -0.2) is 4.79 Å². The number of cyclic esters (lactones) is 1. The average molecular weight is 328 g/mol. The fourth-order valence-corrected chi connectivity index (χ4v) is 4.44. The minimum absolute atomic E-state index is 0.0227. The van der Waals surface area contributed by atoms with Gasteiger partial charge in [0.1, 0.15) is 6.61 Å². The molecule has 4 rings (SSSR count). The van der Waals surface area contributed by atoms with Crippen molar-refractivity contribution in [2.45, 2.75) is 50.1 Å². The SMILES string of the molecule is Cc1ccccc1[C@H]1C[C@@H](N(C)C(=O)[C@H]2C[C@]3(COC(=O)N3)C2)C1. The van der Waals surface area contributed by atoms with Gasteiger partial charge in [0, 0.05) is 19.0 Å². The number of alkyl carbamates (subject to hydrolysis) is 1. The maximum atomic E-state index is 12.7. The van der Waals surface area contributed by atoms with Gasteiger partial charge in [-0.2, -0.15) is 0 Å². The summed E-state index contributed by atoms with van der Waals surface area (Å²) in [5.74, 6) is 0.811. The van der Waals surface area contributed by atoms with Gasteiger partial charge in [0.05, 0.1) is 5.54 Å². The summed E-state index contributed by atoms with van der Waals surface area (Å²) in [4.78, 5) is 25.8. The molecule has 1 aromatic carbocycles. The molecule has 128 valence electrons. The lowest BCUT2D eigenvalue weighted by Crippen LogP contribution is -2.59. The summed E-state index contributed by atoms with van der Waals surface area (Å²) in [5.41, 5.74) is 2.48. The molecule has 2 saturated carbocycles. The Morgan fingerprint density at radius 2 is 2.00 bits per heavy atom. The van der Waals surface area contributed by atoms with Crippen molar-refractivity contribution in [1.82, 2.24) is 10.2 Å². The van der Waals surface area contributed by atoms with Crippen LogP contribution in [0.25, 0.3) is 0 Å². The predicted molar refractivity (Wildman–Crippen MR) is 89.7 cm³/mol. The molecule has 5 nitrogen and oxygen atoms in total. The smallest absolute Gasteiger partial charge is 0.407 e. The molecule has 3 fully saturated rings. The highest BCUT2D eigenvalue weighted by molar-refractivity contribution is 5.81. The topological polar surface area (TPSA) is 58.6 Å². The number of hydrogen-bond donors (Lipinski definition) is 1. The first-order valence-electron chi connectivity index (χ1n) is 8.74. The van der Waals surface area contributed by atoms with E-state index in [1.165, 1.54) is 11.1 Å². The van der Waals surface area contributed by atoms with Crippen molar-refractivity contribution in [3.8, 4) is 0 Å². The van der Waals surface area contributed by atoms with Gasteiger partial charge in [-0.05, 0) is 49.7 Å². The second-order valence-corrected chi connectivity index (χ2v) is 7.71. The van der Waals surface area contributed by atoms with Crippen molar-refractivity contribution in [3.63, 3.8) is 0 Å². The molecule has 2 aliphatic carbocycles. The van der Waals surface area contributed by atoms with Gasteiger partial charge in [0.25, 0.3) is 0 Å². The molecule has 2 amide bonds. The first kappa shape index (κ1) is 15.5. The number of carbonyl (C=O) groups is 2. The van der Waals surface area contributed by atoms with Crippen LogP contribution < -0.4 is 5.32 Å². The molecule has 0 unspecified atom stereocenters. The number of ether oxygens (including phenoxy) is 1. The van der Waals surface area contributed by atoms with Crippen LogP contribution in [0.2, 0.25) is 0 Å². The Bertz CT molecular complexity index is 675. The van der Waals surface area contributed by atoms with Crippen molar-refractivity contribution >= 4 is 12.0 Å². The second kappa shape index (κ2) is 5.50. The lowest BCUT2D eigenvalue weighted by Gasteiger charge is -2.47. The van der Waals surface area contributed by atoms with Gasteiger partial charge >= 0.3 is 6.09 Å². The van der Waals surface area contributed by atoms with E-state index in [1.54, 1.807) is 0 Å². The average Bonchev–Trinajstić information content (AvgIpc) is 2.87. The van der Waals surface area contributed by atoms with Crippen molar-refractivity contribution in [3.05, 3.63) is 35.4 Å². The number of carbonyl (C=O) groups excluding carboxylic acids is 2. The third-order valence-electron chi connectivity index (χ3n) is 6.11. The van der Waals surface area contributed by atoms with Crippen LogP contribution in [-0.4, -0.2) is 42.1 Å². The molecule has 0 radical (unpaired) electrons. The van der Waals surface area contributed by atoms with Gasteiger partial charge < -0.3 is 15.0 Å². The van der Waals surface area contributed by atoms with E-state index in [2.05, 4.69) is 36.5 Å². The Kier molecular flexibility index (Phi) is 3.55. The van der Waals surface area contributed by atoms with Crippen LogP contribution >= 0.6 is 0 Å². The van der Waals surface area contributed by atoms with Crippen LogP contribution in [0.3, 0.4) is 0 Å². The Balaban J connectivity index is 1.30. The van der Waals surface area contributed by atoms with Crippen LogP contribution in [0, 0.1) is 12.8 Å². The number of hydrogen-bond acceptors (Lipinski definition) is 3. The van der Waals surface area contributed by atoms with Gasteiger partial charge in [0.2, 0.25) is 5.91 Å². The third kappa shape index (κ3) is 2.46. The summed E-state index contributed by atoms with van der Waals surface area (Å²) in [5, 5.41) is 2.85. The summed E-state index contributed by atoms with van der Waals surface area (Å²) < 4.78 is 4.98. The van der Waals surface area contributed by atoms with Crippen LogP contribution in [0.15, 0.2) is 24.3 Å². The molecule has 1 aromatic rings. The molecule has 1 aliphatic heterocycles. The molecule has 24 heavy (non-hydrogen) atoms. The maximum Gasteiger partial charge on any atom is 0.407 e. The van der Waals surface area contributed by atoms with Crippen molar-refractivity contribution in [2.75, 3.05) is 13.7 Å². The van der Waals surface area contributed by atoms with Crippen LogP contribution in [0.4, 0.5) is 4.79 Å². The van der Waals surface area contributed by atoms with Crippen molar-refractivity contribution in [2.24, 2.45) is 5.92 Å². The minimum atomic E-state index is -0.352. The number of amides is 2. The Morgan fingerprint density at radius 1 is 1.29 bits per heavy atom. The fourth-order valence-electron chi connectivity index (χ4n) is 4.44. The number of nitrogens with zero attached hydrogens (tertiary/aromatic N) is 1. The van der Waals surface area contributed by atoms with E-state index >= 15 is 0 Å². The van der Waals surface area contributed by atoms with Crippen molar-refractivity contribution < 1.29 is 14.3 Å². The number of rotatable bonds is 3. The normalized spacial score (nSPS) is 34.1. The van der Waals surface area contributed by atoms with E-state index in [-0.39, 0.29) is 23.5 Å². The predicted octanol–water partition coefficient (Wildman–Crippen LogP) is 2.59. The summed E-state index contributed by atoms with van der Waals surface area (Å²) >= 11 is 0. The van der Waals surface area contributed by atoms with Gasteiger partial charge in [-0.1, -0.05) is 24.3 Å². The molecular weight excluding hydrogens is 304 g/mol. The van der Waals surface area contributed by atoms with Gasteiger partial charge in [-0.3, -0.25) is 4.79 Å². The minimum Gasteiger partial charge on any atom is -0.447 e. The lowest BCUT2D eigenvalue weighted by atomic mass is 9.67. The monoisotopic (exact) mass is 328 g/mol. The van der Waals surface area contributed by atoms with Crippen LogP contribution in [0.1, 0.15) is 42.7 Å². The van der Waals surface area contributed by atoms with E-state index in [0.29, 0.717) is 31.4 Å². The molecule has 3 aliphatic rings. The highest BCUT2D eigenvalue weighted by Gasteiger charge is 2.53. The zero-order chi connectivity index (χ0) is 16.9. The zero-order valence-corrected chi connectivity index (χ0v) is 14.2. The van der Waals surface area contributed by atoms with Gasteiger partial charge in [0.15, 0.2) is 0 Å². The first-order chi connectivity index (χ1) is 11.5. The van der Waals surface area contributed by atoms with E-state index in [0.717, 1.165) is 12.8 Å². The fraction of sp³-hybridized carbons (Fsp3) is 0.579.